The van der Waals surface area contributed by atoms with E-state index in [9.17, 15) is 4.79 Å². The molecule has 1 rings (SSSR count). The summed E-state index contributed by atoms with van der Waals surface area (Å²) in [6.07, 6.45) is 0.875. The summed E-state index contributed by atoms with van der Waals surface area (Å²) in [7, 11) is 0. The number of nitrogens with two attached hydrogens (primary N) is 1. The van der Waals surface area contributed by atoms with Crippen molar-refractivity contribution < 1.29 is 4.79 Å². The van der Waals surface area contributed by atoms with Crippen LogP contribution in [-0.4, -0.2) is 11.9 Å². The number of rotatable bonds is 4. The van der Waals surface area contributed by atoms with Gasteiger partial charge in [-0.15, -0.1) is 0 Å². The molecule has 0 aliphatic heterocycles. The molecular formula is C13H18Cl2N2O. The van der Waals surface area contributed by atoms with Crippen molar-refractivity contribution in [1.82, 2.24) is 5.32 Å². The van der Waals surface area contributed by atoms with Crippen LogP contribution in [0.15, 0.2) is 12.1 Å². The Labute approximate surface area is 118 Å². The molecule has 0 aromatic heterocycles. The molecule has 0 bridgehead atoms. The Hall–Kier alpha value is -0.930. The SMILES string of the molecule is CCC(NC(=O)c1cc(Cl)c(N)c(Cl)c1)C(C)C. The zero-order valence-corrected chi connectivity index (χ0v) is 12.3. The van der Waals surface area contributed by atoms with Gasteiger partial charge in [-0.3, -0.25) is 4.79 Å². The maximum Gasteiger partial charge on any atom is 0.251 e. The van der Waals surface area contributed by atoms with Gasteiger partial charge in [0.25, 0.3) is 5.91 Å². The first-order valence-corrected chi connectivity index (χ1v) is 6.67. The van der Waals surface area contributed by atoms with E-state index in [4.69, 9.17) is 28.9 Å². The topological polar surface area (TPSA) is 55.1 Å². The zero-order chi connectivity index (χ0) is 13.9. The standard InChI is InChI=1S/C13H18Cl2N2O/c1-4-11(7(2)3)17-13(18)8-5-9(14)12(16)10(15)6-8/h5-7,11H,4,16H2,1-3H3,(H,17,18). The van der Waals surface area contributed by atoms with Gasteiger partial charge in [-0.2, -0.15) is 0 Å². The van der Waals surface area contributed by atoms with Gasteiger partial charge in [-0.25, -0.2) is 0 Å². The Morgan fingerprint density at radius 1 is 1.33 bits per heavy atom. The molecule has 0 spiro atoms. The highest BCUT2D eigenvalue weighted by atomic mass is 35.5. The van der Waals surface area contributed by atoms with Crippen molar-refractivity contribution in [3.05, 3.63) is 27.7 Å². The Kier molecular flexibility index (Phi) is 5.29. The van der Waals surface area contributed by atoms with E-state index in [-0.39, 0.29) is 11.9 Å². The van der Waals surface area contributed by atoms with Crippen molar-refractivity contribution in [2.24, 2.45) is 5.92 Å². The average molecular weight is 289 g/mol. The molecule has 0 aliphatic rings. The fourth-order valence-corrected chi connectivity index (χ4v) is 2.19. The lowest BCUT2D eigenvalue weighted by atomic mass is 10.0. The molecular weight excluding hydrogens is 271 g/mol. The Bertz CT molecular complexity index is 424. The molecule has 1 atom stereocenters. The van der Waals surface area contributed by atoms with Crippen molar-refractivity contribution >= 4 is 34.8 Å². The van der Waals surface area contributed by atoms with E-state index >= 15 is 0 Å². The quantitative estimate of drug-likeness (QED) is 0.830. The third-order valence-corrected chi connectivity index (χ3v) is 3.53. The minimum absolute atomic E-state index is 0.132. The maximum atomic E-state index is 12.1. The van der Waals surface area contributed by atoms with Crippen LogP contribution in [0.25, 0.3) is 0 Å². The summed E-state index contributed by atoms with van der Waals surface area (Å²) in [6, 6.07) is 3.20. The second-order valence-corrected chi connectivity index (χ2v) is 5.40. The number of nitrogen functional groups attached to an aromatic ring is 1. The zero-order valence-electron chi connectivity index (χ0n) is 10.8. The highest BCUT2D eigenvalue weighted by Gasteiger charge is 2.17. The molecule has 1 unspecified atom stereocenters. The van der Waals surface area contributed by atoms with E-state index in [0.717, 1.165) is 6.42 Å². The number of amides is 1. The third kappa shape index (κ3) is 3.53. The lowest BCUT2D eigenvalue weighted by molar-refractivity contribution is 0.0924. The Morgan fingerprint density at radius 3 is 2.22 bits per heavy atom. The summed E-state index contributed by atoms with van der Waals surface area (Å²) in [6.45, 7) is 6.17. The van der Waals surface area contributed by atoms with Crippen molar-refractivity contribution in [2.75, 3.05) is 5.73 Å². The smallest absolute Gasteiger partial charge is 0.251 e. The van der Waals surface area contributed by atoms with Gasteiger partial charge >= 0.3 is 0 Å². The molecule has 3 N–H and O–H groups in total. The predicted octanol–water partition coefficient (Wildman–Crippen LogP) is 3.74. The highest BCUT2D eigenvalue weighted by Crippen LogP contribution is 2.28. The van der Waals surface area contributed by atoms with Crippen molar-refractivity contribution in [1.29, 1.82) is 0 Å². The van der Waals surface area contributed by atoms with E-state index in [1.165, 1.54) is 12.1 Å². The van der Waals surface area contributed by atoms with Gasteiger partial charge in [0.05, 0.1) is 15.7 Å². The average Bonchev–Trinajstić information content (AvgIpc) is 2.31. The fraction of sp³-hybridized carbons (Fsp3) is 0.462. The first kappa shape index (κ1) is 15.1. The van der Waals surface area contributed by atoms with Gasteiger partial charge in [0.1, 0.15) is 0 Å². The highest BCUT2D eigenvalue weighted by molar-refractivity contribution is 6.39. The number of hydrogen-bond acceptors (Lipinski definition) is 2. The first-order chi connectivity index (χ1) is 8.36. The Morgan fingerprint density at radius 2 is 1.83 bits per heavy atom. The van der Waals surface area contributed by atoms with E-state index in [1.54, 1.807) is 0 Å². The lowest BCUT2D eigenvalue weighted by Gasteiger charge is -2.21. The molecule has 0 saturated heterocycles. The van der Waals surface area contributed by atoms with E-state index < -0.39 is 0 Å². The molecule has 0 saturated carbocycles. The molecule has 18 heavy (non-hydrogen) atoms. The molecule has 0 radical (unpaired) electrons. The van der Waals surface area contributed by atoms with Crippen LogP contribution in [0.3, 0.4) is 0 Å². The van der Waals surface area contributed by atoms with Gasteiger partial charge in [0.2, 0.25) is 0 Å². The number of carbonyl (C=O) groups excluding carboxylic acids is 1. The molecule has 1 aromatic carbocycles. The van der Waals surface area contributed by atoms with E-state index in [1.807, 2.05) is 6.92 Å². The minimum Gasteiger partial charge on any atom is -0.396 e. The number of hydrogen-bond donors (Lipinski definition) is 2. The molecule has 0 aliphatic carbocycles. The van der Waals surface area contributed by atoms with Crippen LogP contribution < -0.4 is 11.1 Å². The lowest BCUT2D eigenvalue weighted by Crippen LogP contribution is -2.38. The normalized spacial score (nSPS) is 12.6. The van der Waals surface area contributed by atoms with E-state index in [2.05, 4.69) is 19.2 Å². The van der Waals surface area contributed by atoms with Crippen LogP contribution in [0.2, 0.25) is 10.0 Å². The van der Waals surface area contributed by atoms with Gasteiger partial charge in [-0.05, 0) is 24.5 Å². The molecule has 1 amide bonds. The number of benzene rings is 1. The summed E-state index contributed by atoms with van der Waals surface area (Å²) in [5.41, 5.74) is 6.36. The van der Waals surface area contributed by atoms with Crippen molar-refractivity contribution in [3.8, 4) is 0 Å². The van der Waals surface area contributed by atoms with Crippen LogP contribution in [0.4, 0.5) is 5.69 Å². The number of carbonyl (C=O) groups is 1. The third-order valence-electron chi connectivity index (χ3n) is 2.90. The second-order valence-electron chi connectivity index (χ2n) is 4.59. The van der Waals surface area contributed by atoms with Crippen LogP contribution in [-0.2, 0) is 0 Å². The van der Waals surface area contributed by atoms with Gasteiger partial charge in [-0.1, -0.05) is 44.0 Å². The predicted molar refractivity (Wildman–Crippen MR) is 77.3 cm³/mol. The number of nitrogens with one attached hydrogen (secondary N) is 1. The van der Waals surface area contributed by atoms with Crippen LogP contribution in [0, 0.1) is 5.92 Å². The van der Waals surface area contributed by atoms with Crippen LogP contribution in [0.1, 0.15) is 37.6 Å². The van der Waals surface area contributed by atoms with Gasteiger partial charge < -0.3 is 11.1 Å². The van der Waals surface area contributed by atoms with Crippen LogP contribution in [0.5, 0.6) is 0 Å². The van der Waals surface area contributed by atoms with E-state index in [0.29, 0.717) is 27.2 Å². The van der Waals surface area contributed by atoms with Gasteiger partial charge in [0.15, 0.2) is 0 Å². The van der Waals surface area contributed by atoms with Crippen LogP contribution >= 0.6 is 23.2 Å². The first-order valence-electron chi connectivity index (χ1n) is 5.92. The summed E-state index contributed by atoms with van der Waals surface area (Å²) in [5.74, 6) is 0.193. The molecule has 5 heteroatoms. The molecule has 0 fully saturated rings. The van der Waals surface area contributed by atoms with Crippen molar-refractivity contribution in [2.45, 2.75) is 33.2 Å². The minimum atomic E-state index is -0.181. The largest absolute Gasteiger partial charge is 0.396 e. The monoisotopic (exact) mass is 288 g/mol. The number of anilines is 1. The molecule has 3 nitrogen and oxygen atoms in total. The molecule has 1 aromatic rings. The molecule has 100 valence electrons. The summed E-state index contributed by atoms with van der Waals surface area (Å²) >= 11 is 11.8. The van der Waals surface area contributed by atoms with Gasteiger partial charge in [0, 0.05) is 11.6 Å². The summed E-state index contributed by atoms with van der Waals surface area (Å²) in [5, 5.41) is 3.55. The van der Waals surface area contributed by atoms with Crippen molar-refractivity contribution in [3.63, 3.8) is 0 Å². The second kappa shape index (κ2) is 6.30. The summed E-state index contributed by atoms with van der Waals surface area (Å²) in [4.78, 5) is 12.1. The fourth-order valence-electron chi connectivity index (χ4n) is 1.71. The maximum absolute atomic E-state index is 12.1. The number of halogens is 2. The Balaban J connectivity index is 2.91. The summed E-state index contributed by atoms with van der Waals surface area (Å²) < 4.78 is 0. The molecule has 0 heterocycles.